The predicted octanol–water partition coefficient (Wildman–Crippen LogP) is 3.79. The van der Waals surface area contributed by atoms with Crippen LogP contribution in [-0.2, 0) is 11.2 Å². The molecule has 126 valence electrons. The van der Waals surface area contributed by atoms with E-state index < -0.39 is 0 Å². The first-order valence-corrected chi connectivity index (χ1v) is 8.85. The molecule has 5 heteroatoms. The van der Waals surface area contributed by atoms with Crippen LogP contribution in [0.1, 0.15) is 11.1 Å². The number of nitrogens with zero attached hydrogens (tertiary/aromatic N) is 2. The zero-order valence-corrected chi connectivity index (χ0v) is 15.2. The minimum Gasteiger partial charge on any atom is -0.368 e. The molecule has 0 unspecified atom stereocenters. The Kier molecular flexibility index (Phi) is 5.19. The van der Waals surface area contributed by atoms with Gasteiger partial charge in [-0.3, -0.25) is 4.79 Å². The van der Waals surface area contributed by atoms with Gasteiger partial charge in [-0.2, -0.15) is 0 Å². The topological polar surface area (TPSA) is 23.6 Å². The number of aryl methyl sites for hydroxylation is 1. The van der Waals surface area contributed by atoms with E-state index in [0.29, 0.717) is 13.1 Å². The number of carbonyl (C=O) groups is 1. The molecule has 0 radical (unpaired) electrons. The van der Waals surface area contributed by atoms with Crippen molar-refractivity contribution in [1.82, 2.24) is 4.90 Å². The molecule has 0 spiro atoms. The van der Waals surface area contributed by atoms with Crippen molar-refractivity contribution in [3.8, 4) is 0 Å². The Labute approximate surface area is 150 Å². The maximum Gasteiger partial charge on any atom is 0.227 e. The van der Waals surface area contributed by atoms with E-state index in [-0.39, 0.29) is 18.1 Å². The van der Waals surface area contributed by atoms with Crippen molar-refractivity contribution in [2.75, 3.05) is 31.1 Å². The summed E-state index contributed by atoms with van der Waals surface area (Å²) in [5.74, 6) is -0.233. The van der Waals surface area contributed by atoms with E-state index in [0.717, 1.165) is 23.1 Å². The molecule has 1 fully saturated rings. The molecule has 1 saturated heterocycles. The Morgan fingerprint density at radius 2 is 1.88 bits per heavy atom. The first-order chi connectivity index (χ1) is 11.5. The van der Waals surface area contributed by atoms with Crippen LogP contribution < -0.4 is 4.90 Å². The molecule has 1 heterocycles. The summed E-state index contributed by atoms with van der Waals surface area (Å²) in [5.41, 5.74) is 3.12. The molecule has 0 N–H and O–H groups in total. The molecule has 1 aliphatic heterocycles. The predicted molar refractivity (Wildman–Crippen MR) is 97.8 cm³/mol. The Morgan fingerprint density at radius 1 is 1.12 bits per heavy atom. The van der Waals surface area contributed by atoms with Gasteiger partial charge in [-0.15, -0.1) is 0 Å². The monoisotopic (exact) mass is 390 g/mol. The third kappa shape index (κ3) is 3.96. The van der Waals surface area contributed by atoms with Crippen molar-refractivity contribution in [3.63, 3.8) is 0 Å². The normalized spacial score (nSPS) is 14.8. The molecular formula is C19H20BrFN2O. The summed E-state index contributed by atoms with van der Waals surface area (Å²) in [6.07, 6.45) is 0.259. The number of benzene rings is 2. The second-order valence-corrected chi connectivity index (χ2v) is 6.96. The molecule has 2 aromatic carbocycles. The van der Waals surface area contributed by atoms with Gasteiger partial charge >= 0.3 is 0 Å². The summed E-state index contributed by atoms with van der Waals surface area (Å²) in [6.45, 7) is 5.10. The number of halogens is 2. The van der Waals surface area contributed by atoms with Crippen LogP contribution in [0, 0.1) is 12.7 Å². The number of piperazine rings is 1. The largest absolute Gasteiger partial charge is 0.368 e. The summed E-state index contributed by atoms with van der Waals surface area (Å²) in [6, 6.07) is 12.6. The highest BCUT2D eigenvalue weighted by molar-refractivity contribution is 9.10. The smallest absolute Gasteiger partial charge is 0.227 e. The number of anilines is 1. The number of hydrogen-bond acceptors (Lipinski definition) is 2. The van der Waals surface area contributed by atoms with Crippen molar-refractivity contribution in [2.45, 2.75) is 13.3 Å². The van der Waals surface area contributed by atoms with E-state index in [1.54, 1.807) is 12.1 Å². The van der Waals surface area contributed by atoms with Crippen LogP contribution >= 0.6 is 15.9 Å². The van der Waals surface area contributed by atoms with E-state index in [2.05, 4.69) is 46.0 Å². The van der Waals surface area contributed by atoms with E-state index in [1.807, 2.05) is 4.90 Å². The van der Waals surface area contributed by atoms with Crippen LogP contribution in [0.25, 0.3) is 0 Å². The van der Waals surface area contributed by atoms with Crippen LogP contribution in [0.5, 0.6) is 0 Å². The molecule has 0 aromatic heterocycles. The van der Waals surface area contributed by atoms with E-state index in [9.17, 15) is 9.18 Å². The van der Waals surface area contributed by atoms with Crippen LogP contribution in [0.3, 0.4) is 0 Å². The minimum absolute atomic E-state index is 0.0623. The van der Waals surface area contributed by atoms with Crippen molar-refractivity contribution < 1.29 is 9.18 Å². The first-order valence-electron chi connectivity index (χ1n) is 8.06. The molecule has 1 aliphatic rings. The van der Waals surface area contributed by atoms with Gasteiger partial charge in [0.1, 0.15) is 5.82 Å². The van der Waals surface area contributed by atoms with Gasteiger partial charge in [0.15, 0.2) is 0 Å². The standard InChI is InChI=1S/C19H20BrFN2O/c1-14-11-17(5-6-18(14)20)22-7-9-23(10-8-22)19(24)13-15-3-2-4-16(21)12-15/h2-6,11-12H,7-10,13H2,1H3. The summed E-state index contributed by atoms with van der Waals surface area (Å²) in [4.78, 5) is 16.6. The SMILES string of the molecule is Cc1cc(N2CCN(C(=O)Cc3cccc(F)c3)CC2)ccc1Br. The second kappa shape index (κ2) is 7.34. The van der Waals surface area contributed by atoms with E-state index in [4.69, 9.17) is 0 Å². The average molecular weight is 391 g/mol. The van der Waals surface area contributed by atoms with Gasteiger partial charge in [-0.25, -0.2) is 4.39 Å². The summed E-state index contributed by atoms with van der Waals surface area (Å²) >= 11 is 3.52. The maximum absolute atomic E-state index is 13.2. The van der Waals surface area contributed by atoms with E-state index in [1.165, 1.54) is 23.4 Å². The molecule has 3 nitrogen and oxygen atoms in total. The van der Waals surface area contributed by atoms with Gasteiger partial charge in [0.25, 0.3) is 0 Å². The van der Waals surface area contributed by atoms with Crippen molar-refractivity contribution in [1.29, 1.82) is 0 Å². The molecule has 0 atom stereocenters. The maximum atomic E-state index is 13.2. The van der Waals surface area contributed by atoms with Crippen LogP contribution in [-0.4, -0.2) is 37.0 Å². The third-order valence-corrected chi connectivity index (χ3v) is 5.27. The molecule has 0 bridgehead atoms. The van der Waals surface area contributed by atoms with Crippen molar-refractivity contribution >= 4 is 27.5 Å². The van der Waals surface area contributed by atoms with Gasteiger partial charge < -0.3 is 9.80 Å². The molecule has 0 aliphatic carbocycles. The Hall–Kier alpha value is -1.88. The van der Waals surface area contributed by atoms with Crippen LogP contribution in [0.4, 0.5) is 10.1 Å². The van der Waals surface area contributed by atoms with Crippen LogP contribution in [0.2, 0.25) is 0 Å². The highest BCUT2D eigenvalue weighted by Crippen LogP contribution is 2.24. The van der Waals surface area contributed by atoms with Gasteiger partial charge in [0.05, 0.1) is 6.42 Å². The van der Waals surface area contributed by atoms with Gasteiger partial charge in [0.2, 0.25) is 5.91 Å². The zero-order valence-electron chi connectivity index (χ0n) is 13.6. The third-order valence-electron chi connectivity index (χ3n) is 4.38. The second-order valence-electron chi connectivity index (χ2n) is 6.11. The zero-order chi connectivity index (χ0) is 17.1. The molecule has 0 saturated carbocycles. The summed E-state index contributed by atoms with van der Waals surface area (Å²) < 4.78 is 14.3. The van der Waals surface area contributed by atoms with Crippen molar-refractivity contribution in [3.05, 3.63) is 63.9 Å². The quantitative estimate of drug-likeness (QED) is 0.795. The lowest BCUT2D eigenvalue weighted by Gasteiger charge is -2.36. The lowest BCUT2D eigenvalue weighted by molar-refractivity contribution is -0.130. The fourth-order valence-electron chi connectivity index (χ4n) is 2.97. The van der Waals surface area contributed by atoms with Gasteiger partial charge in [-0.05, 0) is 48.4 Å². The summed E-state index contributed by atoms with van der Waals surface area (Å²) in [7, 11) is 0. The minimum atomic E-state index is -0.296. The van der Waals surface area contributed by atoms with E-state index >= 15 is 0 Å². The molecular weight excluding hydrogens is 371 g/mol. The Bertz CT molecular complexity index is 742. The fraction of sp³-hybridized carbons (Fsp3) is 0.316. The summed E-state index contributed by atoms with van der Waals surface area (Å²) in [5, 5.41) is 0. The molecule has 1 amide bonds. The van der Waals surface area contributed by atoms with Gasteiger partial charge in [0, 0.05) is 36.3 Å². The molecule has 2 aromatic rings. The highest BCUT2D eigenvalue weighted by Gasteiger charge is 2.21. The average Bonchev–Trinajstić information content (AvgIpc) is 2.57. The Morgan fingerprint density at radius 3 is 2.54 bits per heavy atom. The number of hydrogen-bond donors (Lipinski definition) is 0. The highest BCUT2D eigenvalue weighted by atomic mass is 79.9. The number of carbonyl (C=O) groups excluding carboxylic acids is 1. The Balaban J connectivity index is 1.58. The molecule has 24 heavy (non-hydrogen) atoms. The lowest BCUT2D eigenvalue weighted by atomic mass is 10.1. The fourth-order valence-corrected chi connectivity index (χ4v) is 3.22. The first kappa shape index (κ1) is 17.0. The van der Waals surface area contributed by atoms with Crippen molar-refractivity contribution in [2.24, 2.45) is 0 Å². The van der Waals surface area contributed by atoms with Gasteiger partial charge in [-0.1, -0.05) is 28.1 Å². The lowest BCUT2D eigenvalue weighted by Crippen LogP contribution is -2.49. The number of amides is 1. The van der Waals surface area contributed by atoms with Crippen LogP contribution in [0.15, 0.2) is 46.9 Å². The molecule has 3 rings (SSSR count). The number of rotatable bonds is 3.